The average Bonchev–Trinajstić information content (AvgIpc) is 2.92. The zero-order valence-corrected chi connectivity index (χ0v) is 15.4. The first-order chi connectivity index (χ1) is 11.5. The van der Waals surface area contributed by atoms with Crippen LogP contribution in [-0.4, -0.2) is 5.11 Å². The van der Waals surface area contributed by atoms with Gasteiger partial charge >= 0.3 is 0 Å². The van der Waals surface area contributed by atoms with Crippen LogP contribution in [0.25, 0.3) is 0 Å². The van der Waals surface area contributed by atoms with E-state index >= 15 is 0 Å². The summed E-state index contributed by atoms with van der Waals surface area (Å²) in [5.74, 6) is 3.64. The van der Waals surface area contributed by atoms with Gasteiger partial charge in [0.2, 0.25) is 0 Å². The SMILES string of the molecule is C=C(CCC)[C@H]1CCC2C3CCc4cc(O)ccc4C3CC[C@@]21C. The number of phenols is 1. The summed E-state index contributed by atoms with van der Waals surface area (Å²) in [5.41, 5.74) is 4.97. The van der Waals surface area contributed by atoms with Gasteiger partial charge in [-0.25, -0.2) is 0 Å². The second kappa shape index (κ2) is 5.93. The fraction of sp³-hybridized carbons (Fsp3) is 0.652. The van der Waals surface area contributed by atoms with Crippen LogP contribution in [0.5, 0.6) is 5.75 Å². The molecule has 1 nitrogen and oxygen atoms in total. The fourth-order valence-electron chi connectivity index (χ4n) is 6.73. The molecular formula is C23H32O. The highest BCUT2D eigenvalue weighted by molar-refractivity contribution is 5.40. The van der Waals surface area contributed by atoms with Gasteiger partial charge in [0.25, 0.3) is 0 Å². The molecule has 0 aromatic heterocycles. The number of phenolic OH excluding ortho intramolecular Hbond substituents is 1. The zero-order chi connectivity index (χ0) is 16.9. The van der Waals surface area contributed by atoms with Gasteiger partial charge in [-0.15, -0.1) is 0 Å². The molecule has 0 spiro atoms. The number of rotatable bonds is 3. The van der Waals surface area contributed by atoms with Crippen LogP contribution in [0.1, 0.15) is 75.8 Å². The first-order valence-electron chi connectivity index (χ1n) is 10.0. The molecule has 1 heteroatoms. The fourth-order valence-corrected chi connectivity index (χ4v) is 6.73. The number of aryl methyl sites for hydroxylation is 1. The van der Waals surface area contributed by atoms with Crippen LogP contribution in [0.15, 0.2) is 30.4 Å². The molecule has 3 aliphatic rings. The molecule has 3 unspecified atom stereocenters. The van der Waals surface area contributed by atoms with E-state index in [-0.39, 0.29) is 0 Å². The van der Waals surface area contributed by atoms with Crippen molar-refractivity contribution < 1.29 is 5.11 Å². The lowest BCUT2D eigenvalue weighted by Gasteiger charge is -2.51. The number of hydrogen-bond acceptors (Lipinski definition) is 1. The predicted octanol–water partition coefficient (Wildman–Crippen LogP) is 6.22. The molecule has 1 aromatic carbocycles. The van der Waals surface area contributed by atoms with E-state index < -0.39 is 0 Å². The molecule has 1 N–H and O–H groups in total. The van der Waals surface area contributed by atoms with Gasteiger partial charge in [-0.2, -0.15) is 0 Å². The summed E-state index contributed by atoms with van der Waals surface area (Å²) >= 11 is 0. The average molecular weight is 325 g/mol. The maximum Gasteiger partial charge on any atom is 0.115 e. The van der Waals surface area contributed by atoms with E-state index in [4.69, 9.17) is 0 Å². The van der Waals surface area contributed by atoms with E-state index in [1.54, 1.807) is 5.56 Å². The second-order valence-corrected chi connectivity index (χ2v) is 8.88. The van der Waals surface area contributed by atoms with E-state index in [2.05, 4.69) is 26.5 Å². The number of fused-ring (bicyclic) bond motifs is 5. The Morgan fingerprint density at radius 1 is 1.25 bits per heavy atom. The molecule has 0 aliphatic heterocycles. The Kier molecular flexibility index (Phi) is 4.01. The molecule has 2 saturated carbocycles. The van der Waals surface area contributed by atoms with Crippen LogP contribution in [-0.2, 0) is 6.42 Å². The summed E-state index contributed by atoms with van der Waals surface area (Å²) in [5, 5.41) is 9.81. The van der Waals surface area contributed by atoms with Crippen LogP contribution in [0.4, 0.5) is 0 Å². The highest BCUT2D eigenvalue weighted by atomic mass is 16.3. The molecule has 0 heterocycles. The Morgan fingerprint density at radius 3 is 2.88 bits per heavy atom. The van der Waals surface area contributed by atoms with Gasteiger partial charge < -0.3 is 5.11 Å². The smallest absolute Gasteiger partial charge is 0.115 e. The lowest BCUT2D eigenvalue weighted by molar-refractivity contribution is 0.0374. The Morgan fingerprint density at radius 2 is 2.08 bits per heavy atom. The summed E-state index contributed by atoms with van der Waals surface area (Å²) in [6.07, 6.45) is 10.4. The third kappa shape index (κ3) is 2.35. The van der Waals surface area contributed by atoms with Crippen molar-refractivity contribution in [2.75, 3.05) is 0 Å². The van der Waals surface area contributed by atoms with Gasteiger partial charge in [-0.1, -0.05) is 38.5 Å². The molecule has 3 aliphatic carbocycles. The van der Waals surface area contributed by atoms with E-state index in [0.717, 1.165) is 30.1 Å². The molecule has 130 valence electrons. The van der Waals surface area contributed by atoms with Gasteiger partial charge in [0.05, 0.1) is 0 Å². The van der Waals surface area contributed by atoms with Crippen molar-refractivity contribution in [3.63, 3.8) is 0 Å². The highest BCUT2D eigenvalue weighted by Gasteiger charge is 2.54. The van der Waals surface area contributed by atoms with Crippen molar-refractivity contribution in [3.8, 4) is 5.75 Å². The van der Waals surface area contributed by atoms with Crippen molar-refractivity contribution in [2.45, 2.75) is 71.1 Å². The quantitative estimate of drug-likeness (QED) is 0.654. The van der Waals surface area contributed by atoms with Crippen LogP contribution >= 0.6 is 0 Å². The molecule has 0 saturated heterocycles. The van der Waals surface area contributed by atoms with Gasteiger partial charge in [0.15, 0.2) is 0 Å². The van der Waals surface area contributed by atoms with Crippen molar-refractivity contribution in [1.82, 2.24) is 0 Å². The first kappa shape index (κ1) is 16.2. The molecule has 0 bridgehead atoms. The highest BCUT2D eigenvalue weighted by Crippen LogP contribution is 2.64. The Balaban J connectivity index is 1.62. The number of allylic oxidation sites excluding steroid dienone is 1. The molecule has 24 heavy (non-hydrogen) atoms. The van der Waals surface area contributed by atoms with Crippen molar-refractivity contribution >= 4 is 0 Å². The van der Waals surface area contributed by atoms with Gasteiger partial charge in [-0.05, 0) is 97.3 Å². The summed E-state index contributed by atoms with van der Waals surface area (Å²) in [6, 6.07) is 6.13. The third-order valence-electron chi connectivity index (χ3n) is 7.77. The standard InChI is InChI=1S/C23H32O/c1-4-5-15(2)21-10-11-22-20-8-6-16-14-17(24)7-9-18(16)19(20)12-13-23(21,22)3/h7,9,14,19-22,24H,2,4-6,8,10-13H2,1,3H3/t19?,20?,21-,22?,23-/m1/s1. The second-order valence-electron chi connectivity index (χ2n) is 8.88. The molecule has 2 fully saturated rings. The van der Waals surface area contributed by atoms with Crippen molar-refractivity contribution in [1.29, 1.82) is 0 Å². The lowest BCUT2D eigenvalue weighted by Crippen LogP contribution is -2.42. The zero-order valence-electron chi connectivity index (χ0n) is 15.4. The van der Waals surface area contributed by atoms with Crippen LogP contribution in [0.3, 0.4) is 0 Å². The largest absolute Gasteiger partial charge is 0.508 e. The topological polar surface area (TPSA) is 20.2 Å². The summed E-state index contributed by atoms with van der Waals surface area (Å²) < 4.78 is 0. The molecular weight excluding hydrogens is 292 g/mol. The number of benzene rings is 1. The van der Waals surface area contributed by atoms with Gasteiger partial charge in [-0.3, -0.25) is 0 Å². The minimum atomic E-state index is 0.435. The minimum absolute atomic E-state index is 0.435. The Hall–Kier alpha value is -1.24. The normalized spacial score (nSPS) is 37.4. The van der Waals surface area contributed by atoms with Gasteiger partial charge in [0, 0.05) is 0 Å². The van der Waals surface area contributed by atoms with Crippen LogP contribution in [0.2, 0.25) is 0 Å². The van der Waals surface area contributed by atoms with E-state index in [1.807, 2.05) is 12.1 Å². The minimum Gasteiger partial charge on any atom is -0.508 e. The van der Waals surface area contributed by atoms with Crippen molar-refractivity contribution in [3.05, 3.63) is 41.5 Å². The molecule has 0 radical (unpaired) electrons. The van der Waals surface area contributed by atoms with Crippen LogP contribution in [0, 0.1) is 23.2 Å². The van der Waals surface area contributed by atoms with Crippen LogP contribution < -0.4 is 0 Å². The summed E-state index contributed by atoms with van der Waals surface area (Å²) in [4.78, 5) is 0. The number of aromatic hydroxyl groups is 1. The predicted molar refractivity (Wildman–Crippen MR) is 100 cm³/mol. The maximum atomic E-state index is 9.81. The maximum absolute atomic E-state index is 9.81. The lowest BCUT2D eigenvalue weighted by atomic mass is 9.53. The van der Waals surface area contributed by atoms with E-state index in [9.17, 15) is 5.11 Å². The summed E-state index contributed by atoms with van der Waals surface area (Å²) in [6.45, 7) is 9.35. The first-order valence-corrected chi connectivity index (χ1v) is 10.0. The molecule has 4 rings (SSSR count). The molecule has 0 amide bonds. The van der Waals surface area contributed by atoms with Gasteiger partial charge in [0.1, 0.15) is 5.75 Å². The number of hydrogen-bond donors (Lipinski definition) is 1. The monoisotopic (exact) mass is 324 g/mol. The van der Waals surface area contributed by atoms with E-state index in [1.165, 1.54) is 56.1 Å². The molecule has 5 atom stereocenters. The summed E-state index contributed by atoms with van der Waals surface area (Å²) in [7, 11) is 0. The Bertz CT molecular complexity index is 645. The third-order valence-corrected chi connectivity index (χ3v) is 7.77. The van der Waals surface area contributed by atoms with Crippen molar-refractivity contribution in [2.24, 2.45) is 23.2 Å². The Labute approximate surface area is 147 Å². The van der Waals surface area contributed by atoms with E-state index in [0.29, 0.717) is 11.2 Å². The molecule has 1 aromatic rings.